The third-order valence-corrected chi connectivity index (χ3v) is 2.86. The summed E-state index contributed by atoms with van der Waals surface area (Å²) in [5.74, 6) is 5.82. The van der Waals surface area contributed by atoms with Crippen LogP contribution in [0.3, 0.4) is 0 Å². The highest BCUT2D eigenvalue weighted by molar-refractivity contribution is 5.78. The molecular formula is C13H11FN4O. The molecular weight excluding hydrogens is 247 g/mol. The number of nitrogens with two attached hydrogens (primary N) is 1. The fourth-order valence-corrected chi connectivity index (χ4v) is 1.98. The minimum Gasteiger partial charge on any atom is -0.459 e. The Labute approximate surface area is 108 Å². The van der Waals surface area contributed by atoms with Crippen LogP contribution in [0.5, 0.6) is 0 Å². The van der Waals surface area contributed by atoms with Gasteiger partial charge in [0.2, 0.25) is 0 Å². The van der Waals surface area contributed by atoms with Crippen LogP contribution in [-0.2, 0) is 0 Å². The lowest BCUT2D eigenvalue weighted by atomic mass is 10.1. The molecule has 3 rings (SSSR count). The van der Waals surface area contributed by atoms with Gasteiger partial charge in [-0.25, -0.2) is 19.8 Å². The molecule has 3 aromatic rings. The highest BCUT2D eigenvalue weighted by Gasteiger charge is 2.17. The number of hydrogen-bond donors (Lipinski definition) is 2. The van der Waals surface area contributed by atoms with Crippen molar-refractivity contribution in [1.82, 2.24) is 15.4 Å². The lowest BCUT2D eigenvalue weighted by Crippen LogP contribution is -2.28. The summed E-state index contributed by atoms with van der Waals surface area (Å²) >= 11 is 0. The van der Waals surface area contributed by atoms with Crippen molar-refractivity contribution < 1.29 is 8.81 Å². The SMILES string of the molecule is NNC(c1cncnc1)c1cc2cc(F)ccc2o1. The van der Waals surface area contributed by atoms with Crippen LogP contribution in [0.1, 0.15) is 17.4 Å². The van der Waals surface area contributed by atoms with Crippen molar-refractivity contribution in [1.29, 1.82) is 0 Å². The standard InChI is InChI=1S/C13H11FN4O/c14-10-1-2-11-8(3-10)4-12(19-11)13(18-15)9-5-16-7-17-6-9/h1-7,13,18H,15H2. The van der Waals surface area contributed by atoms with Gasteiger partial charge in [-0.3, -0.25) is 5.84 Å². The van der Waals surface area contributed by atoms with E-state index in [-0.39, 0.29) is 11.9 Å². The average Bonchev–Trinajstić information content (AvgIpc) is 2.83. The molecule has 1 atom stereocenters. The topological polar surface area (TPSA) is 77.0 Å². The largest absolute Gasteiger partial charge is 0.459 e. The van der Waals surface area contributed by atoms with E-state index in [0.717, 1.165) is 5.56 Å². The van der Waals surface area contributed by atoms with E-state index in [4.69, 9.17) is 10.3 Å². The monoisotopic (exact) mass is 258 g/mol. The summed E-state index contributed by atoms with van der Waals surface area (Å²) in [6.45, 7) is 0. The Morgan fingerprint density at radius 3 is 2.74 bits per heavy atom. The first-order valence-electron chi connectivity index (χ1n) is 5.68. The van der Waals surface area contributed by atoms with E-state index < -0.39 is 0 Å². The summed E-state index contributed by atoms with van der Waals surface area (Å²) in [4.78, 5) is 7.88. The Kier molecular flexibility index (Phi) is 2.94. The van der Waals surface area contributed by atoms with Crippen molar-refractivity contribution in [2.75, 3.05) is 0 Å². The van der Waals surface area contributed by atoms with Crippen LogP contribution in [0.4, 0.5) is 4.39 Å². The lowest BCUT2D eigenvalue weighted by Gasteiger charge is -2.12. The van der Waals surface area contributed by atoms with Crippen molar-refractivity contribution in [2.45, 2.75) is 6.04 Å². The molecule has 6 heteroatoms. The summed E-state index contributed by atoms with van der Waals surface area (Å²) in [7, 11) is 0. The smallest absolute Gasteiger partial charge is 0.134 e. The van der Waals surface area contributed by atoms with Crippen LogP contribution in [-0.4, -0.2) is 9.97 Å². The molecule has 5 nitrogen and oxygen atoms in total. The van der Waals surface area contributed by atoms with Gasteiger partial charge in [-0.2, -0.15) is 0 Å². The van der Waals surface area contributed by atoms with Crippen molar-refractivity contribution in [3.8, 4) is 0 Å². The van der Waals surface area contributed by atoms with Gasteiger partial charge in [-0.15, -0.1) is 0 Å². The van der Waals surface area contributed by atoms with Crippen molar-refractivity contribution in [3.63, 3.8) is 0 Å². The van der Waals surface area contributed by atoms with Crippen LogP contribution >= 0.6 is 0 Å². The van der Waals surface area contributed by atoms with Crippen molar-refractivity contribution in [2.24, 2.45) is 5.84 Å². The lowest BCUT2D eigenvalue weighted by molar-refractivity contribution is 0.475. The van der Waals surface area contributed by atoms with Gasteiger partial charge in [0.15, 0.2) is 0 Å². The summed E-state index contributed by atoms with van der Waals surface area (Å²) in [6, 6.07) is 5.72. The molecule has 0 radical (unpaired) electrons. The number of nitrogens with one attached hydrogen (secondary N) is 1. The summed E-state index contributed by atoms with van der Waals surface area (Å²) in [6.07, 6.45) is 4.72. The van der Waals surface area contributed by atoms with E-state index in [1.165, 1.54) is 18.5 Å². The Morgan fingerprint density at radius 2 is 2.00 bits per heavy atom. The Hall–Kier alpha value is -2.31. The number of fused-ring (bicyclic) bond motifs is 1. The second-order valence-corrected chi connectivity index (χ2v) is 4.10. The molecule has 0 saturated carbocycles. The number of aromatic nitrogens is 2. The van der Waals surface area contributed by atoms with Gasteiger partial charge in [0, 0.05) is 23.3 Å². The zero-order valence-corrected chi connectivity index (χ0v) is 9.88. The van der Waals surface area contributed by atoms with Gasteiger partial charge >= 0.3 is 0 Å². The van der Waals surface area contributed by atoms with Gasteiger partial charge < -0.3 is 4.42 Å². The molecule has 0 aliphatic heterocycles. The maximum Gasteiger partial charge on any atom is 0.134 e. The molecule has 1 aromatic carbocycles. The minimum atomic E-state index is -0.378. The van der Waals surface area contributed by atoms with Gasteiger partial charge in [0.1, 0.15) is 29.5 Å². The zero-order valence-electron chi connectivity index (χ0n) is 9.88. The van der Waals surface area contributed by atoms with Crippen LogP contribution in [0.2, 0.25) is 0 Å². The van der Waals surface area contributed by atoms with E-state index in [1.807, 2.05) is 0 Å². The molecule has 2 heterocycles. The van der Waals surface area contributed by atoms with Crippen LogP contribution in [0, 0.1) is 5.82 Å². The van der Waals surface area contributed by atoms with E-state index in [9.17, 15) is 4.39 Å². The third kappa shape index (κ3) is 2.18. The number of furan rings is 1. The first-order chi connectivity index (χ1) is 9.28. The molecule has 0 aliphatic carbocycles. The first kappa shape index (κ1) is 11.8. The second-order valence-electron chi connectivity index (χ2n) is 4.10. The van der Waals surface area contributed by atoms with Crippen molar-refractivity contribution >= 4 is 11.0 Å². The van der Waals surface area contributed by atoms with E-state index >= 15 is 0 Å². The van der Waals surface area contributed by atoms with Crippen LogP contribution < -0.4 is 11.3 Å². The molecule has 96 valence electrons. The second kappa shape index (κ2) is 4.75. The molecule has 19 heavy (non-hydrogen) atoms. The number of hydrazine groups is 1. The molecule has 3 N–H and O–H groups in total. The maximum atomic E-state index is 13.1. The molecule has 0 amide bonds. The Bertz CT molecular complexity index is 698. The average molecular weight is 258 g/mol. The number of rotatable bonds is 3. The fourth-order valence-electron chi connectivity index (χ4n) is 1.98. The normalized spacial score (nSPS) is 12.7. The fraction of sp³-hybridized carbons (Fsp3) is 0.0769. The first-order valence-corrected chi connectivity index (χ1v) is 5.68. The van der Waals surface area contributed by atoms with Gasteiger partial charge in [0.25, 0.3) is 0 Å². The predicted octanol–water partition coefficient (Wildman–Crippen LogP) is 1.91. The summed E-state index contributed by atoms with van der Waals surface area (Å²) in [5, 5.41) is 0.687. The number of halogens is 1. The summed E-state index contributed by atoms with van der Waals surface area (Å²) in [5.41, 5.74) is 4.02. The molecule has 0 saturated heterocycles. The highest BCUT2D eigenvalue weighted by atomic mass is 19.1. The zero-order chi connectivity index (χ0) is 13.2. The van der Waals surface area contributed by atoms with Gasteiger partial charge in [-0.05, 0) is 24.3 Å². The van der Waals surface area contributed by atoms with E-state index in [2.05, 4.69) is 15.4 Å². The highest BCUT2D eigenvalue weighted by Crippen LogP contribution is 2.27. The summed E-state index contributed by atoms with van der Waals surface area (Å²) < 4.78 is 18.8. The Balaban J connectivity index is 2.07. The number of benzene rings is 1. The predicted molar refractivity (Wildman–Crippen MR) is 67.4 cm³/mol. The van der Waals surface area contributed by atoms with Gasteiger partial charge in [0.05, 0.1) is 0 Å². The molecule has 1 unspecified atom stereocenters. The van der Waals surface area contributed by atoms with E-state index in [0.29, 0.717) is 16.7 Å². The molecule has 0 spiro atoms. The third-order valence-electron chi connectivity index (χ3n) is 2.86. The molecule has 0 aliphatic rings. The van der Waals surface area contributed by atoms with E-state index in [1.54, 1.807) is 24.5 Å². The number of hydrogen-bond acceptors (Lipinski definition) is 5. The Morgan fingerprint density at radius 1 is 1.21 bits per heavy atom. The molecule has 2 aromatic heterocycles. The molecule has 0 fully saturated rings. The van der Waals surface area contributed by atoms with Crippen molar-refractivity contribution in [3.05, 3.63) is 60.1 Å². The quantitative estimate of drug-likeness (QED) is 0.554. The number of nitrogens with zero attached hydrogens (tertiary/aromatic N) is 2. The van der Waals surface area contributed by atoms with Crippen LogP contribution in [0.15, 0.2) is 47.4 Å². The van der Waals surface area contributed by atoms with Crippen LogP contribution in [0.25, 0.3) is 11.0 Å². The molecule has 0 bridgehead atoms. The minimum absolute atomic E-state index is 0.305. The van der Waals surface area contributed by atoms with Gasteiger partial charge in [-0.1, -0.05) is 0 Å². The maximum absolute atomic E-state index is 13.1.